The van der Waals surface area contributed by atoms with Crippen LogP contribution in [0.1, 0.15) is 34.6 Å². The number of carbonyl (C=O) groups is 2. The minimum atomic E-state index is -0.352. The van der Waals surface area contributed by atoms with Crippen LogP contribution in [0.3, 0.4) is 0 Å². The number of nitrogens with one attached hydrogen (secondary N) is 1. The monoisotopic (exact) mass is 289 g/mol. The van der Waals surface area contributed by atoms with Crippen LogP contribution in [-0.4, -0.2) is 34.4 Å². The van der Waals surface area contributed by atoms with Gasteiger partial charge in [0.15, 0.2) is 11.5 Å². The minimum absolute atomic E-state index is 0.00113. The number of hydrazone groups is 1. The maximum Gasteiger partial charge on any atom is 0.278 e. The molecule has 0 fully saturated rings. The summed E-state index contributed by atoms with van der Waals surface area (Å²) in [6, 6.07) is 9.20. The molecule has 1 aromatic carbocycles. The van der Waals surface area contributed by atoms with Gasteiger partial charge in [-0.15, -0.1) is 0 Å². The lowest BCUT2D eigenvalue weighted by Gasteiger charge is -2.30. The third kappa shape index (κ3) is 4.70. The molecular formula is C16H23N3O2. The van der Waals surface area contributed by atoms with Crippen molar-refractivity contribution in [2.45, 2.75) is 46.7 Å². The van der Waals surface area contributed by atoms with Crippen LogP contribution in [0.5, 0.6) is 0 Å². The van der Waals surface area contributed by atoms with Gasteiger partial charge in [-0.1, -0.05) is 18.2 Å². The van der Waals surface area contributed by atoms with Crippen LogP contribution in [-0.2, 0) is 9.59 Å². The van der Waals surface area contributed by atoms with Crippen molar-refractivity contribution < 1.29 is 9.59 Å². The molecule has 0 aliphatic heterocycles. The second-order valence-electron chi connectivity index (χ2n) is 5.39. The zero-order valence-corrected chi connectivity index (χ0v) is 13.3. The standard InChI is InChI=1S/C16H23N3O2/c1-11(2)19(12(3)4)16(21)15(13(5)20)18-17-14-9-7-6-8-10-14/h6-12,17H,1-5H3/b18-15-. The quantitative estimate of drug-likeness (QED) is 0.497. The predicted molar refractivity (Wildman–Crippen MR) is 85.3 cm³/mol. The Morgan fingerprint density at radius 3 is 2.00 bits per heavy atom. The molecule has 0 aliphatic rings. The van der Waals surface area contributed by atoms with Crippen molar-refractivity contribution >= 4 is 23.1 Å². The summed E-state index contributed by atoms with van der Waals surface area (Å²) in [7, 11) is 0. The molecule has 1 N–H and O–H groups in total. The molecule has 0 radical (unpaired) electrons. The Morgan fingerprint density at radius 2 is 1.57 bits per heavy atom. The van der Waals surface area contributed by atoms with Crippen molar-refractivity contribution in [2.24, 2.45) is 5.10 Å². The number of carbonyl (C=O) groups excluding carboxylic acids is 2. The molecule has 0 saturated carbocycles. The molecular weight excluding hydrogens is 266 g/mol. The largest absolute Gasteiger partial charge is 0.332 e. The van der Waals surface area contributed by atoms with Crippen LogP contribution in [0, 0.1) is 0 Å². The van der Waals surface area contributed by atoms with Gasteiger partial charge in [0, 0.05) is 19.0 Å². The molecule has 1 aromatic rings. The van der Waals surface area contributed by atoms with E-state index in [0.29, 0.717) is 0 Å². The molecule has 0 aromatic heterocycles. The number of benzene rings is 1. The van der Waals surface area contributed by atoms with Gasteiger partial charge < -0.3 is 4.90 Å². The number of amides is 1. The smallest absolute Gasteiger partial charge is 0.278 e. The summed E-state index contributed by atoms with van der Waals surface area (Å²) in [4.78, 5) is 25.9. The summed E-state index contributed by atoms with van der Waals surface area (Å²) >= 11 is 0. The first kappa shape index (κ1) is 16.9. The Morgan fingerprint density at radius 1 is 1.05 bits per heavy atom. The van der Waals surface area contributed by atoms with E-state index in [2.05, 4.69) is 10.5 Å². The number of hydrogen-bond donors (Lipinski definition) is 1. The van der Waals surface area contributed by atoms with Gasteiger partial charge >= 0.3 is 0 Å². The van der Waals surface area contributed by atoms with Crippen LogP contribution < -0.4 is 5.43 Å². The number of nitrogens with zero attached hydrogens (tertiary/aromatic N) is 2. The number of hydrogen-bond acceptors (Lipinski definition) is 4. The van der Waals surface area contributed by atoms with Crippen LogP contribution in [0.15, 0.2) is 35.4 Å². The van der Waals surface area contributed by atoms with E-state index in [0.717, 1.165) is 5.69 Å². The zero-order valence-electron chi connectivity index (χ0n) is 13.3. The lowest BCUT2D eigenvalue weighted by Crippen LogP contribution is -2.47. The fourth-order valence-electron chi connectivity index (χ4n) is 2.10. The molecule has 0 atom stereocenters. The Hall–Kier alpha value is -2.17. The fraction of sp³-hybridized carbons (Fsp3) is 0.438. The van der Waals surface area contributed by atoms with Gasteiger partial charge in [0.1, 0.15) is 0 Å². The molecule has 5 heteroatoms. The molecule has 21 heavy (non-hydrogen) atoms. The lowest BCUT2D eigenvalue weighted by molar-refractivity contribution is -0.128. The summed E-state index contributed by atoms with van der Waals surface area (Å²) < 4.78 is 0. The lowest BCUT2D eigenvalue weighted by atomic mass is 10.1. The highest BCUT2D eigenvalue weighted by Crippen LogP contribution is 2.09. The second kappa shape index (κ2) is 7.57. The molecule has 0 unspecified atom stereocenters. The highest BCUT2D eigenvalue weighted by atomic mass is 16.2. The Balaban J connectivity index is 3.00. The number of rotatable bonds is 6. The van der Waals surface area contributed by atoms with Gasteiger partial charge in [-0.2, -0.15) is 5.10 Å². The SMILES string of the molecule is CC(=O)/C(=N/Nc1ccccc1)C(=O)N(C(C)C)C(C)C. The Labute approximate surface area is 126 Å². The maximum atomic E-state index is 12.5. The molecule has 114 valence electrons. The third-order valence-corrected chi connectivity index (χ3v) is 2.95. The van der Waals surface area contributed by atoms with Gasteiger partial charge in [0.2, 0.25) is 0 Å². The van der Waals surface area contributed by atoms with Crippen LogP contribution in [0.4, 0.5) is 5.69 Å². The first-order valence-corrected chi connectivity index (χ1v) is 7.07. The van der Waals surface area contributed by atoms with E-state index in [1.807, 2.05) is 58.0 Å². The first-order chi connectivity index (χ1) is 9.84. The number of ketones is 1. The maximum absolute atomic E-state index is 12.5. The highest BCUT2D eigenvalue weighted by Gasteiger charge is 2.27. The van der Waals surface area contributed by atoms with Crippen LogP contribution in [0.25, 0.3) is 0 Å². The van der Waals surface area contributed by atoms with E-state index in [1.54, 1.807) is 4.90 Å². The van der Waals surface area contributed by atoms with Gasteiger partial charge in [-0.05, 0) is 39.8 Å². The second-order valence-corrected chi connectivity index (χ2v) is 5.39. The normalized spacial score (nSPS) is 11.7. The molecule has 1 rings (SSSR count). The molecule has 0 aliphatic carbocycles. The van der Waals surface area contributed by atoms with Crippen LogP contribution in [0.2, 0.25) is 0 Å². The van der Waals surface area contributed by atoms with Crippen molar-refractivity contribution in [3.8, 4) is 0 Å². The molecule has 0 saturated heterocycles. The summed E-state index contributed by atoms with van der Waals surface area (Å²) in [5.41, 5.74) is 3.40. The van der Waals surface area contributed by atoms with Crippen molar-refractivity contribution in [3.05, 3.63) is 30.3 Å². The van der Waals surface area contributed by atoms with E-state index < -0.39 is 0 Å². The summed E-state index contributed by atoms with van der Waals surface area (Å²) in [6.45, 7) is 9.02. The minimum Gasteiger partial charge on any atom is -0.332 e. The number of anilines is 1. The summed E-state index contributed by atoms with van der Waals surface area (Å²) in [5.74, 6) is -0.703. The molecule has 0 spiro atoms. The van der Waals surface area contributed by atoms with E-state index >= 15 is 0 Å². The topological polar surface area (TPSA) is 61.8 Å². The van der Waals surface area contributed by atoms with Crippen molar-refractivity contribution in [1.29, 1.82) is 0 Å². The Kier molecular flexibility index (Phi) is 6.09. The highest BCUT2D eigenvalue weighted by molar-refractivity contribution is 6.65. The van der Waals surface area contributed by atoms with Gasteiger partial charge in [0.25, 0.3) is 5.91 Å². The predicted octanol–water partition coefficient (Wildman–Crippen LogP) is 2.69. The van der Waals surface area contributed by atoms with Crippen molar-refractivity contribution in [2.75, 3.05) is 5.43 Å². The van der Waals surface area contributed by atoms with Gasteiger partial charge in [0.05, 0.1) is 5.69 Å². The first-order valence-electron chi connectivity index (χ1n) is 7.07. The number of Topliss-reactive ketones (excluding diaryl/α,β-unsaturated/α-hetero) is 1. The number of para-hydroxylation sites is 1. The molecule has 5 nitrogen and oxygen atoms in total. The van der Waals surface area contributed by atoms with Crippen LogP contribution >= 0.6 is 0 Å². The summed E-state index contributed by atoms with van der Waals surface area (Å²) in [5, 5.41) is 4.00. The molecule has 0 bridgehead atoms. The average Bonchev–Trinajstić information content (AvgIpc) is 2.38. The average molecular weight is 289 g/mol. The van der Waals surface area contributed by atoms with Gasteiger partial charge in [-0.3, -0.25) is 15.0 Å². The van der Waals surface area contributed by atoms with E-state index in [-0.39, 0.29) is 29.5 Å². The van der Waals surface area contributed by atoms with E-state index in [4.69, 9.17) is 0 Å². The fourth-order valence-corrected chi connectivity index (χ4v) is 2.10. The van der Waals surface area contributed by atoms with E-state index in [9.17, 15) is 9.59 Å². The third-order valence-electron chi connectivity index (χ3n) is 2.95. The van der Waals surface area contributed by atoms with Crippen molar-refractivity contribution in [3.63, 3.8) is 0 Å². The molecule has 1 amide bonds. The van der Waals surface area contributed by atoms with Gasteiger partial charge in [-0.25, -0.2) is 0 Å². The van der Waals surface area contributed by atoms with E-state index in [1.165, 1.54) is 6.92 Å². The summed E-state index contributed by atoms with van der Waals surface area (Å²) in [6.07, 6.45) is 0. The zero-order chi connectivity index (χ0) is 16.0. The molecule has 0 heterocycles. The Bertz CT molecular complexity index is 514. The van der Waals surface area contributed by atoms with Crippen molar-refractivity contribution in [1.82, 2.24) is 4.90 Å².